The largest absolute Gasteiger partial charge is 0.429 e. The van der Waals surface area contributed by atoms with Crippen LogP contribution in [0.2, 0.25) is 0 Å². The molecule has 0 unspecified atom stereocenters. The molecule has 0 radical (unpaired) electrons. The SMILES string of the molecule is CCCCCC[C@H]1CC[C@H](c2ccc3c(F)c(-c4cc(F)c(OC(F)F)c(F)c4)ccc3c2)CC1. The van der Waals surface area contributed by atoms with Crippen molar-refractivity contribution in [1.82, 2.24) is 0 Å². The fraction of sp³-hybridized carbons (Fsp3) is 0.448. The third kappa shape index (κ3) is 5.96. The molecule has 1 aliphatic rings. The quantitative estimate of drug-likeness (QED) is 0.214. The monoisotopic (exact) mass is 490 g/mol. The second kappa shape index (κ2) is 11.4. The van der Waals surface area contributed by atoms with Crippen LogP contribution in [0.25, 0.3) is 21.9 Å². The van der Waals surface area contributed by atoms with Crippen molar-refractivity contribution in [3.05, 3.63) is 65.5 Å². The lowest BCUT2D eigenvalue weighted by Gasteiger charge is -2.29. The molecule has 0 aromatic heterocycles. The molecule has 0 N–H and O–H groups in total. The highest BCUT2D eigenvalue weighted by molar-refractivity contribution is 5.89. The van der Waals surface area contributed by atoms with Gasteiger partial charge in [0.2, 0.25) is 0 Å². The van der Waals surface area contributed by atoms with Gasteiger partial charge in [-0.05, 0) is 66.2 Å². The Balaban J connectivity index is 1.50. The number of unbranched alkanes of at least 4 members (excludes halogenated alkanes) is 3. The van der Waals surface area contributed by atoms with Crippen LogP contribution in [0.15, 0.2) is 42.5 Å². The van der Waals surface area contributed by atoms with Gasteiger partial charge in [0, 0.05) is 10.9 Å². The van der Waals surface area contributed by atoms with Gasteiger partial charge in [-0.15, -0.1) is 0 Å². The first-order valence-corrected chi connectivity index (χ1v) is 12.5. The standard InChI is InChI=1S/C29H31F5O/c1-2-3-4-5-6-18-7-9-19(10-8-18)20-11-13-23-21(15-20)12-14-24(27(23)32)22-16-25(30)28(26(31)17-22)35-29(33)34/h11-19,29H,2-10H2,1H3/t18-,19-. The number of halogens is 5. The zero-order chi connectivity index (χ0) is 24.9. The van der Waals surface area contributed by atoms with E-state index in [0.29, 0.717) is 11.3 Å². The van der Waals surface area contributed by atoms with E-state index in [0.717, 1.165) is 36.3 Å². The van der Waals surface area contributed by atoms with E-state index in [-0.39, 0.29) is 11.1 Å². The van der Waals surface area contributed by atoms with Crippen molar-refractivity contribution in [2.24, 2.45) is 5.92 Å². The first-order valence-electron chi connectivity index (χ1n) is 12.5. The summed E-state index contributed by atoms with van der Waals surface area (Å²) in [4.78, 5) is 0. The second-order valence-electron chi connectivity index (χ2n) is 9.62. The number of ether oxygens (including phenoxy) is 1. The lowest BCUT2D eigenvalue weighted by atomic mass is 9.76. The first-order chi connectivity index (χ1) is 16.9. The molecule has 188 valence electrons. The molecule has 1 nitrogen and oxygen atoms in total. The average molecular weight is 491 g/mol. The lowest BCUT2D eigenvalue weighted by molar-refractivity contribution is -0.0546. The average Bonchev–Trinajstić information content (AvgIpc) is 2.84. The van der Waals surface area contributed by atoms with E-state index in [1.54, 1.807) is 12.1 Å². The van der Waals surface area contributed by atoms with Crippen molar-refractivity contribution < 1.29 is 26.7 Å². The number of hydrogen-bond acceptors (Lipinski definition) is 1. The molecule has 0 heterocycles. The van der Waals surface area contributed by atoms with Crippen LogP contribution in [0.1, 0.15) is 76.2 Å². The zero-order valence-corrected chi connectivity index (χ0v) is 19.9. The van der Waals surface area contributed by atoms with E-state index in [2.05, 4.69) is 11.7 Å². The normalized spacial score (nSPS) is 18.4. The van der Waals surface area contributed by atoms with Crippen molar-refractivity contribution in [2.75, 3.05) is 0 Å². The highest BCUT2D eigenvalue weighted by Crippen LogP contribution is 2.40. The molecule has 1 fully saturated rings. The van der Waals surface area contributed by atoms with Crippen LogP contribution in [0.3, 0.4) is 0 Å². The Labute approximate surface area is 203 Å². The molecule has 0 aliphatic heterocycles. The Morgan fingerprint density at radius 3 is 2.23 bits per heavy atom. The minimum Gasteiger partial charge on any atom is -0.429 e. The molecular formula is C29H31F5O. The Morgan fingerprint density at radius 1 is 0.857 bits per heavy atom. The summed E-state index contributed by atoms with van der Waals surface area (Å²) in [5, 5.41) is 1.08. The molecule has 6 heteroatoms. The van der Waals surface area contributed by atoms with Gasteiger partial charge in [-0.3, -0.25) is 0 Å². The topological polar surface area (TPSA) is 9.23 Å². The third-order valence-corrected chi connectivity index (χ3v) is 7.28. The van der Waals surface area contributed by atoms with Crippen molar-refractivity contribution in [1.29, 1.82) is 0 Å². The Kier molecular flexibility index (Phi) is 8.30. The second-order valence-corrected chi connectivity index (χ2v) is 9.62. The summed E-state index contributed by atoms with van der Waals surface area (Å²) in [6, 6.07) is 10.5. The van der Waals surface area contributed by atoms with Gasteiger partial charge in [0.05, 0.1) is 0 Å². The van der Waals surface area contributed by atoms with E-state index in [9.17, 15) is 17.6 Å². The molecule has 0 amide bonds. The van der Waals surface area contributed by atoms with Gasteiger partial charge in [0.25, 0.3) is 0 Å². The molecule has 0 atom stereocenters. The van der Waals surface area contributed by atoms with Gasteiger partial charge in [-0.1, -0.05) is 69.4 Å². The highest BCUT2D eigenvalue weighted by Gasteiger charge is 2.23. The van der Waals surface area contributed by atoms with Gasteiger partial charge < -0.3 is 4.74 Å². The zero-order valence-electron chi connectivity index (χ0n) is 19.9. The van der Waals surface area contributed by atoms with Crippen LogP contribution in [-0.2, 0) is 0 Å². The molecule has 3 aromatic rings. The van der Waals surface area contributed by atoms with Gasteiger partial charge in [-0.25, -0.2) is 13.2 Å². The Bertz CT molecular complexity index is 1130. The third-order valence-electron chi connectivity index (χ3n) is 7.28. The molecule has 0 saturated heterocycles. The summed E-state index contributed by atoms with van der Waals surface area (Å²) in [6.07, 6.45) is 11.2. The molecule has 35 heavy (non-hydrogen) atoms. The Morgan fingerprint density at radius 2 is 1.57 bits per heavy atom. The number of alkyl halides is 2. The fourth-order valence-corrected chi connectivity index (χ4v) is 5.35. The van der Waals surface area contributed by atoms with Crippen LogP contribution >= 0.6 is 0 Å². The van der Waals surface area contributed by atoms with E-state index in [1.807, 2.05) is 12.1 Å². The number of rotatable bonds is 9. The van der Waals surface area contributed by atoms with Gasteiger partial charge in [0.1, 0.15) is 5.82 Å². The van der Waals surface area contributed by atoms with E-state index in [4.69, 9.17) is 0 Å². The fourth-order valence-electron chi connectivity index (χ4n) is 5.35. The first kappa shape index (κ1) is 25.5. The molecule has 0 spiro atoms. The predicted molar refractivity (Wildman–Crippen MR) is 129 cm³/mol. The maximum absolute atomic E-state index is 15.3. The summed E-state index contributed by atoms with van der Waals surface area (Å²) in [7, 11) is 0. The number of fused-ring (bicyclic) bond motifs is 1. The van der Waals surface area contributed by atoms with Gasteiger partial charge in [0.15, 0.2) is 17.4 Å². The van der Waals surface area contributed by atoms with Crippen LogP contribution in [-0.4, -0.2) is 6.61 Å². The van der Waals surface area contributed by atoms with Crippen molar-refractivity contribution in [3.8, 4) is 16.9 Å². The summed E-state index contributed by atoms with van der Waals surface area (Å²) in [5.74, 6) is -3.13. The smallest absolute Gasteiger partial charge is 0.387 e. The van der Waals surface area contributed by atoms with Crippen LogP contribution in [0.4, 0.5) is 22.0 Å². The number of benzene rings is 3. The molecular weight excluding hydrogens is 459 g/mol. The molecule has 3 aromatic carbocycles. The maximum Gasteiger partial charge on any atom is 0.387 e. The van der Waals surface area contributed by atoms with E-state index >= 15 is 4.39 Å². The molecule has 4 rings (SSSR count). The highest BCUT2D eigenvalue weighted by atomic mass is 19.3. The van der Waals surface area contributed by atoms with E-state index < -0.39 is 29.8 Å². The molecule has 0 bridgehead atoms. The lowest BCUT2D eigenvalue weighted by Crippen LogP contribution is -2.13. The van der Waals surface area contributed by atoms with Crippen molar-refractivity contribution in [3.63, 3.8) is 0 Å². The number of hydrogen-bond donors (Lipinski definition) is 0. The maximum atomic E-state index is 15.3. The summed E-state index contributed by atoms with van der Waals surface area (Å²) < 4.78 is 72.3. The minimum absolute atomic E-state index is 0.00442. The summed E-state index contributed by atoms with van der Waals surface area (Å²) >= 11 is 0. The van der Waals surface area contributed by atoms with Crippen LogP contribution in [0.5, 0.6) is 5.75 Å². The van der Waals surface area contributed by atoms with Crippen LogP contribution in [0, 0.1) is 23.4 Å². The van der Waals surface area contributed by atoms with Crippen molar-refractivity contribution >= 4 is 10.8 Å². The van der Waals surface area contributed by atoms with Crippen LogP contribution < -0.4 is 4.74 Å². The van der Waals surface area contributed by atoms with Gasteiger partial charge >= 0.3 is 6.61 Å². The van der Waals surface area contributed by atoms with Crippen molar-refractivity contribution in [2.45, 2.75) is 77.2 Å². The summed E-state index contributed by atoms with van der Waals surface area (Å²) in [5.41, 5.74) is 1.11. The Hall–Kier alpha value is -2.63. The predicted octanol–water partition coefficient (Wildman–Crippen LogP) is 9.77. The van der Waals surface area contributed by atoms with Gasteiger partial charge in [-0.2, -0.15) is 8.78 Å². The molecule has 1 aliphatic carbocycles. The van der Waals surface area contributed by atoms with E-state index in [1.165, 1.54) is 56.6 Å². The molecule has 1 saturated carbocycles. The minimum atomic E-state index is -3.36. The summed E-state index contributed by atoms with van der Waals surface area (Å²) in [6.45, 7) is -1.13.